The van der Waals surface area contributed by atoms with Crippen LogP contribution < -0.4 is 0 Å². The van der Waals surface area contributed by atoms with Gasteiger partial charge in [-0.15, -0.1) is 11.3 Å². The van der Waals surface area contributed by atoms with Gasteiger partial charge in [0.2, 0.25) is 0 Å². The second kappa shape index (κ2) is 16.8. The minimum atomic E-state index is 0.854. The van der Waals surface area contributed by atoms with Crippen LogP contribution in [-0.2, 0) is 6.42 Å². The molecular weight excluding hydrogens is 685 g/mol. The molecule has 0 fully saturated rings. The highest BCUT2D eigenvalue weighted by Gasteiger charge is 2.23. The van der Waals surface area contributed by atoms with Crippen molar-refractivity contribution < 1.29 is 0 Å². The molecular formula is C52H46N2S. The number of fused-ring (bicyclic) bond motifs is 5. The zero-order valence-corrected chi connectivity index (χ0v) is 32.9. The first kappa shape index (κ1) is 37.0. The molecule has 0 amide bonds. The van der Waals surface area contributed by atoms with Gasteiger partial charge in [-0.1, -0.05) is 170 Å². The van der Waals surface area contributed by atoms with Crippen molar-refractivity contribution >= 4 is 71.5 Å². The van der Waals surface area contributed by atoms with E-state index in [1.165, 1.54) is 47.8 Å². The van der Waals surface area contributed by atoms with Crippen LogP contribution in [0.3, 0.4) is 0 Å². The normalized spacial score (nSPS) is 12.2. The number of aromatic nitrogens is 1. The Labute approximate surface area is 329 Å². The Kier molecular flexibility index (Phi) is 11.3. The van der Waals surface area contributed by atoms with Gasteiger partial charge in [0.05, 0.1) is 23.1 Å². The lowest BCUT2D eigenvalue weighted by atomic mass is 10.00. The second-order valence-corrected chi connectivity index (χ2v) is 15.0. The summed E-state index contributed by atoms with van der Waals surface area (Å²) in [4.78, 5) is 5.09. The zero-order chi connectivity index (χ0) is 38.3. The van der Waals surface area contributed by atoms with Crippen molar-refractivity contribution in [2.45, 2.75) is 34.1 Å². The van der Waals surface area contributed by atoms with Crippen molar-refractivity contribution in [3.05, 3.63) is 216 Å². The summed E-state index contributed by atoms with van der Waals surface area (Å²) < 4.78 is 4.90. The Morgan fingerprint density at radius 2 is 1.31 bits per heavy atom. The summed E-state index contributed by atoms with van der Waals surface area (Å²) in [5.41, 5.74) is 13.4. The average Bonchev–Trinajstić information content (AvgIpc) is 3.75. The third kappa shape index (κ3) is 7.99. The average molecular weight is 731 g/mol. The van der Waals surface area contributed by atoms with Gasteiger partial charge in [0.15, 0.2) is 0 Å². The predicted molar refractivity (Wildman–Crippen MR) is 243 cm³/mol. The van der Waals surface area contributed by atoms with E-state index < -0.39 is 0 Å². The summed E-state index contributed by atoms with van der Waals surface area (Å²) in [5.74, 6) is 0. The highest BCUT2D eigenvalue weighted by molar-refractivity contribution is 7.26. The maximum absolute atomic E-state index is 5.09. The van der Waals surface area contributed by atoms with E-state index >= 15 is 0 Å². The van der Waals surface area contributed by atoms with Crippen molar-refractivity contribution in [3.63, 3.8) is 0 Å². The topological polar surface area (TPSA) is 17.3 Å². The Bertz CT molecular complexity index is 2720. The first-order valence-corrected chi connectivity index (χ1v) is 19.5. The van der Waals surface area contributed by atoms with Crippen LogP contribution in [-0.4, -0.2) is 10.3 Å². The van der Waals surface area contributed by atoms with E-state index in [9.17, 15) is 0 Å². The number of aryl methyl sites for hydroxylation is 2. The van der Waals surface area contributed by atoms with Crippen molar-refractivity contribution in [3.8, 4) is 0 Å². The molecule has 55 heavy (non-hydrogen) atoms. The lowest BCUT2D eigenvalue weighted by Crippen LogP contribution is -2.04. The van der Waals surface area contributed by atoms with Crippen LogP contribution in [0.5, 0.6) is 0 Å². The molecule has 3 heteroatoms. The largest absolute Gasteiger partial charge is 0.307 e. The van der Waals surface area contributed by atoms with E-state index in [0.717, 1.165) is 51.3 Å². The number of aliphatic imine (C=N–C) groups is 1. The Hall–Kier alpha value is -6.29. The number of nitrogens with zero attached hydrogens (tertiary/aromatic N) is 2. The SMILES string of the molecule is C=Cc1c(/C=C(/C)Cc2ccccc2C)n(/C(=C/N=C(C)c2ccccc2)C(=C)c2ccccc2)c2ccc3c4ccccc4sc3c12.Cc1ccccc1. The van der Waals surface area contributed by atoms with Crippen LogP contribution in [0, 0.1) is 13.8 Å². The van der Waals surface area contributed by atoms with E-state index in [4.69, 9.17) is 4.99 Å². The summed E-state index contributed by atoms with van der Waals surface area (Å²) in [6, 6.07) is 52.8. The van der Waals surface area contributed by atoms with Gasteiger partial charge >= 0.3 is 0 Å². The minimum Gasteiger partial charge on any atom is -0.307 e. The van der Waals surface area contributed by atoms with E-state index in [0.29, 0.717) is 0 Å². The number of thiophene rings is 1. The van der Waals surface area contributed by atoms with Gasteiger partial charge in [-0.25, -0.2) is 0 Å². The predicted octanol–water partition coefficient (Wildman–Crippen LogP) is 14.6. The number of hydrogen-bond acceptors (Lipinski definition) is 2. The van der Waals surface area contributed by atoms with Gasteiger partial charge in [0.1, 0.15) is 0 Å². The van der Waals surface area contributed by atoms with Gasteiger partial charge in [0, 0.05) is 42.4 Å². The molecule has 0 atom stereocenters. The van der Waals surface area contributed by atoms with Crippen molar-refractivity contribution in [1.29, 1.82) is 0 Å². The molecule has 8 rings (SSSR count). The van der Waals surface area contributed by atoms with Crippen molar-refractivity contribution in [2.24, 2.45) is 4.99 Å². The molecule has 0 unspecified atom stereocenters. The maximum atomic E-state index is 5.09. The third-order valence-corrected chi connectivity index (χ3v) is 11.3. The van der Waals surface area contributed by atoms with E-state index in [1.54, 1.807) is 0 Å². The van der Waals surface area contributed by atoms with Gasteiger partial charge in [-0.2, -0.15) is 0 Å². The highest BCUT2D eigenvalue weighted by atomic mass is 32.1. The molecule has 6 aromatic carbocycles. The molecule has 8 aromatic rings. The molecule has 2 heterocycles. The van der Waals surface area contributed by atoms with Crippen LogP contribution in [0.2, 0.25) is 0 Å². The fourth-order valence-electron chi connectivity index (χ4n) is 7.11. The number of rotatable bonds is 9. The summed E-state index contributed by atoms with van der Waals surface area (Å²) >= 11 is 1.85. The fraction of sp³-hybridized carbons (Fsp3) is 0.0962. The molecule has 0 saturated heterocycles. The fourth-order valence-corrected chi connectivity index (χ4v) is 8.37. The molecule has 2 nitrogen and oxygen atoms in total. The van der Waals surface area contributed by atoms with Crippen LogP contribution in [0.25, 0.3) is 54.5 Å². The first-order chi connectivity index (χ1) is 26.8. The summed E-state index contributed by atoms with van der Waals surface area (Å²) in [5, 5.41) is 3.75. The Morgan fingerprint density at radius 3 is 1.96 bits per heavy atom. The maximum Gasteiger partial charge on any atom is 0.0717 e. The number of benzene rings is 6. The third-order valence-electron chi connectivity index (χ3n) is 10.1. The van der Waals surface area contributed by atoms with E-state index in [-0.39, 0.29) is 0 Å². The smallest absolute Gasteiger partial charge is 0.0717 e. The molecule has 270 valence electrons. The zero-order valence-electron chi connectivity index (χ0n) is 32.1. The van der Waals surface area contributed by atoms with E-state index in [2.05, 4.69) is 161 Å². The molecule has 0 aliphatic rings. The van der Waals surface area contributed by atoms with Crippen LogP contribution in [0.1, 0.15) is 52.9 Å². The van der Waals surface area contributed by atoms with Crippen LogP contribution >= 0.6 is 11.3 Å². The number of hydrogen-bond donors (Lipinski definition) is 0. The summed E-state index contributed by atoms with van der Waals surface area (Å²) in [6.45, 7) is 17.6. The van der Waals surface area contributed by atoms with Gasteiger partial charge in [-0.3, -0.25) is 4.99 Å². The number of allylic oxidation sites excluding steroid dienone is 3. The molecule has 0 bridgehead atoms. The van der Waals surface area contributed by atoms with Gasteiger partial charge < -0.3 is 4.57 Å². The molecule has 0 saturated carbocycles. The summed E-state index contributed by atoms with van der Waals surface area (Å²) in [6.07, 6.45) is 7.21. The van der Waals surface area contributed by atoms with Crippen LogP contribution in [0.15, 0.2) is 182 Å². The standard InChI is InChI=1S/C45H38N2S.C7H8/c1-6-37-41(28-30(2)27-36-22-14-13-17-31(36)3)47(40-26-25-39-38-23-15-16-24-43(38)48-45(39)44(37)40)42(32(4)34-18-9-7-10-19-34)29-46-33(5)35-20-11-8-12-21-35;1-7-5-3-2-4-6-7/h6-26,28-29H,1,4,27H2,2-3,5H3;2-6H,1H3/b30-28-,42-29+,46-33?;. The molecule has 0 aliphatic carbocycles. The Morgan fingerprint density at radius 1 is 0.691 bits per heavy atom. The van der Waals surface area contributed by atoms with Gasteiger partial charge in [0.25, 0.3) is 0 Å². The van der Waals surface area contributed by atoms with E-state index in [1.807, 2.05) is 66.1 Å². The summed E-state index contributed by atoms with van der Waals surface area (Å²) in [7, 11) is 0. The highest BCUT2D eigenvalue weighted by Crippen LogP contribution is 2.44. The van der Waals surface area contributed by atoms with Crippen molar-refractivity contribution in [1.82, 2.24) is 4.57 Å². The first-order valence-electron chi connectivity index (χ1n) is 18.7. The lowest BCUT2D eigenvalue weighted by molar-refractivity contribution is 1.11. The molecule has 2 aromatic heterocycles. The molecule has 0 N–H and O–H groups in total. The molecule has 0 aliphatic heterocycles. The van der Waals surface area contributed by atoms with Crippen molar-refractivity contribution in [2.75, 3.05) is 0 Å². The lowest BCUT2D eigenvalue weighted by Gasteiger charge is -2.17. The Balaban J connectivity index is 0.000000599. The second-order valence-electron chi connectivity index (χ2n) is 14.0. The molecule has 0 radical (unpaired) electrons. The minimum absolute atomic E-state index is 0.854. The molecule has 0 spiro atoms. The quantitative estimate of drug-likeness (QED) is 0.104. The monoisotopic (exact) mass is 730 g/mol. The van der Waals surface area contributed by atoms with Gasteiger partial charge in [-0.05, 0) is 74.6 Å². The van der Waals surface area contributed by atoms with Crippen LogP contribution in [0.4, 0.5) is 0 Å².